The highest BCUT2D eigenvalue weighted by Gasteiger charge is 2.17. The van der Waals surface area contributed by atoms with Crippen molar-refractivity contribution < 1.29 is 24.3 Å². The van der Waals surface area contributed by atoms with Gasteiger partial charge in [-0.3, -0.25) is 9.59 Å². The van der Waals surface area contributed by atoms with E-state index >= 15 is 0 Å². The van der Waals surface area contributed by atoms with E-state index in [1.165, 1.54) is 35.2 Å². The van der Waals surface area contributed by atoms with E-state index < -0.39 is 17.3 Å². The first kappa shape index (κ1) is 23.3. The minimum atomic E-state index is -1.07. The largest absolute Gasteiger partial charge is 0.483 e. The van der Waals surface area contributed by atoms with Crippen LogP contribution in [0.5, 0.6) is 5.75 Å². The molecule has 0 spiro atoms. The number of aromatic carboxylic acids is 1. The normalized spacial score (nSPS) is 10.4. The van der Waals surface area contributed by atoms with E-state index in [4.69, 9.17) is 14.7 Å². The van der Waals surface area contributed by atoms with Gasteiger partial charge in [-0.05, 0) is 35.4 Å². The van der Waals surface area contributed by atoms with Crippen LogP contribution in [0.15, 0.2) is 102 Å². The Bertz CT molecular complexity index is 1370. The predicted octanol–water partition coefficient (Wildman–Crippen LogP) is 4.01. The third kappa shape index (κ3) is 6.14. The summed E-state index contributed by atoms with van der Waals surface area (Å²) in [6.07, 6.45) is 1.34. The van der Waals surface area contributed by atoms with Gasteiger partial charge < -0.3 is 20.0 Å². The molecule has 0 saturated heterocycles. The second-order valence-corrected chi connectivity index (χ2v) is 7.58. The zero-order valence-corrected chi connectivity index (χ0v) is 18.6. The summed E-state index contributed by atoms with van der Waals surface area (Å²) in [6, 6.07) is 25.6. The first-order valence-corrected chi connectivity index (χ1v) is 10.7. The quantitative estimate of drug-likeness (QED) is 0.383. The highest BCUT2D eigenvalue weighted by atomic mass is 16.7. The molecule has 0 saturated carbocycles. The van der Waals surface area contributed by atoms with Gasteiger partial charge in [0.05, 0.1) is 11.8 Å². The Morgan fingerprint density at radius 1 is 0.829 bits per heavy atom. The molecule has 1 heterocycles. The number of amides is 1. The van der Waals surface area contributed by atoms with Crippen molar-refractivity contribution in [2.75, 3.05) is 5.32 Å². The van der Waals surface area contributed by atoms with E-state index in [1.54, 1.807) is 0 Å². The lowest BCUT2D eigenvalue weighted by Crippen LogP contribution is -2.26. The van der Waals surface area contributed by atoms with Crippen LogP contribution in [0.1, 0.15) is 32.0 Å². The van der Waals surface area contributed by atoms with Crippen molar-refractivity contribution >= 4 is 17.6 Å². The SMILES string of the molecule is O=C(O)c1ccc(NC(=O)c2cc(=O)c(OCc3ccccc3)cn2OCc2ccccc2)cc1. The molecule has 0 fully saturated rings. The smallest absolute Gasteiger partial charge is 0.335 e. The molecule has 1 aromatic heterocycles. The van der Waals surface area contributed by atoms with Crippen molar-refractivity contribution in [3.8, 4) is 5.75 Å². The van der Waals surface area contributed by atoms with E-state index in [0.717, 1.165) is 17.2 Å². The number of carboxylic acid groups (broad SMARTS) is 1. The van der Waals surface area contributed by atoms with Crippen LogP contribution in [-0.4, -0.2) is 21.7 Å². The molecule has 4 aromatic rings. The fourth-order valence-corrected chi connectivity index (χ4v) is 3.22. The van der Waals surface area contributed by atoms with Crippen molar-refractivity contribution in [1.82, 2.24) is 4.73 Å². The van der Waals surface area contributed by atoms with Gasteiger partial charge in [0.2, 0.25) is 5.43 Å². The third-order valence-corrected chi connectivity index (χ3v) is 5.06. The highest BCUT2D eigenvalue weighted by molar-refractivity contribution is 6.03. The summed E-state index contributed by atoms with van der Waals surface area (Å²) in [5.41, 5.74) is 1.69. The molecule has 0 aliphatic carbocycles. The van der Waals surface area contributed by atoms with Crippen LogP contribution in [0.2, 0.25) is 0 Å². The van der Waals surface area contributed by atoms with Crippen LogP contribution in [0.4, 0.5) is 5.69 Å². The van der Waals surface area contributed by atoms with Crippen LogP contribution in [0.25, 0.3) is 0 Å². The molecule has 0 radical (unpaired) electrons. The highest BCUT2D eigenvalue weighted by Crippen LogP contribution is 2.14. The number of ether oxygens (including phenoxy) is 1. The van der Waals surface area contributed by atoms with Gasteiger partial charge in [-0.1, -0.05) is 60.7 Å². The van der Waals surface area contributed by atoms with E-state index in [1.807, 2.05) is 60.7 Å². The van der Waals surface area contributed by atoms with Crippen molar-refractivity contribution in [2.45, 2.75) is 13.2 Å². The monoisotopic (exact) mass is 470 g/mol. The number of carboxylic acids is 1. The summed E-state index contributed by atoms with van der Waals surface area (Å²) >= 11 is 0. The van der Waals surface area contributed by atoms with Crippen molar-refractivity contribution in [3.63, 3.8) is 0 Å². The summed E-state index contributed by atoms with van der Waals surface area (Å²) in [4.78, 5) is 42.6. The minimum absolute atomic E-state index is 0.0317. The molecule has 176 valence electrons. The zero-order chi connectivity index (χ0) is 24.6. The molecule has 8 nitrogen and oxygen atoms in total. The van der Waals surface area contributed by atoms with E-state index in [2.05, 4.69) is 5.32 Å². The topological polar surface area (TPSA) is 107 Å². The lowest BCUT2D eigenvalue weighted by Gasteiger charge is -2.16. The lowest BCUT2D eigenvalue weighted by atomic mass is 10.2. The molecule has 2 N–H and O–H groups in total. The minimum Gasteiger partial charge on any atom is -0.483 e. The number of nitrogens with zero attached hydrogens (tertiary/aromatic N) is 1. The predicted molar refractivity (Wildman–Crippen MR) is 130 cm³/mol. The number of nitrogens with one attached hydrogen (secondary N) is 1. The molecule has 1 amide bonds. The standard InChI is InChI=1S/C27H22N2O6/c30-24-15-23(26(31)28-22-13-11-21(12-14-22)27(32)33)29(35-18-20-9-5-2-6-10-20)16-25(24)34-17-19-7-3-1-4-8-19/h1-16H,17-18H2,(H,28,31)(H,32,33). The van der Waals surface area contributed by atoms with Gasteiger partial charge in [-0.15, -0.1) is 0 Å². The Balaban J connectivity index is 1.59. The van der Waals surface area contributed by atoms with Crippen molar-refractivity contribution in [1.29, 1.82) is 0 Å². The zero-order valence-electron chi connectivity index (χ0n) is 18.6. The molecule has 4 rings (SSSR count). The number of aromatic nitrogens is 1. The molecule has 8 heteroatoms. The molecule has 0 aliphatic heterocycles. The number of carbonyl (C=O) groups is 2. The Labute approximate surface area is 201 Å². The molecule has 0 unspecified atom stereocenters. The third-order valence-electron chi connectivity index (χ3n) is 5.06. The Morgan fingerprint density at radius 2 is 1.43 bits per heavy atom. The lowest BCUT2D eigenvalue weighted by molar-refractivity contribution is 0.0696. The maximum absolute atomic E-state index is 13.0. The van der Waals surface area contributed by atoms with Crippen LogP contribution in [0.3, 0.4) is 0 Å². The van der Waals surface area contributed by atoms with Crippen molar-refractivity contribution in [2.24, 2.45) is 0 Å². The maximum Gasteiger partial charge on any atom is 0.335 e. The molecule has 35 heavy (non-hydrogen) atoms. The fraction of sp³-hybridized carbons (Fsp3) is 0.0741. The summed E-state index contributed by atoms with van der Waals surface area (Å²) in [5.74, 6) is -1.64. The van der Waals surface area contributed by atoms with Crippen LogP contribution < -0.4 is 20.3 Å². The second kappa shape index (κ2) is 10.8. The van der Waals surface area contributed by atoms with Gasteiger partial charge in [0.1, 0.15) is 18.9 Å². The van der Waals surface area contributed by atoms with Crippen molar-refractivity contribution in [3.05, 3.63) is 130 Å². The first-order chi connectivity index (χ1) is 17.0. The van der Waals surface area contributed by atoms with Crippen LogP contribution >= 0.6 is 0 Å². The van der Waals surface area contributed by atoms with Gasteiger partial charge in [0.25, 0.3) is 5.91 Å². The summed E-state index contributed by atoms with van der Waals surface area (Å²) < 4.78 is 6.91. The number of pyridine rings is 1. The number of hydrogen-bond acceptors (Lipinski definition) is 5. The fourth-order valence-electron chi connectivity index (χ4n) is 3.22. The van der Waals surface area contributed by atoms with Crippen LogP contribution in [-0.2, 0) is 13.2 Å². The summed E-state index contributed by atoms with van der Waals surface area (Å²) in [7, 11) is 0. The Hall–Kier alpha value is -4.85. The molecular weight excluding hydrogens is 448 g/mol. The molecule has 0 aliphatic rings. The number of anilines is 1. The van der Waals surface area contributed by atoms with Gasteiger partial charge in [-0.25, -0.2) is 4.79 Å². The number of carbonyl (C=O) groups excluding carboxylic acids is 1. The van der Waals surface area contributed by atoms with Gasteiger partial charge in [0.15, 0.2) is 5.75 Å². The Morgan fingerprint density at radius 3 is 2.03 bits per heavy atom. The maximum atomic E-state index is 13.0. The number of hydrogen-bond donors (Lipinski definition) is 2. The van der Waals surface area contributed by atoms with E-state index in [0.29, 0.717) is 5.69 Å². The average Bonchev–Trinajstić information content (AvgIpc) is 2.88. The second-order valence-electron chi connectivity index (χ2n) is 7.58. The van der Waals surface area contributed by atoms with Gasteiger partial charge in [-0.2, -0.15) is 4.73 Å². The Kier molecular flexibility index (Phi) is 7.22. The summed E-state index contributed by atoms with van der Waals surface area (Å²) in [6.45, 7) is 0.325. The first-order valence-electron chi connectivity index (χ1n) is 10.7. The molecular formula is C27H22N2O6. The van der Waals surface area contributed by atoms with Gasteiger partial charge in [0, 0.05) is 11.8 Å². The number of rotatable bonds is 9. The number of benzene rings is 3. The summed E-state index contributed by atoms with van der Waals surface area (Å²) in [5, 5.41) is 11.7. The molecule has 0 bridgehead atoms. The van der Waals surface area contributed by atoms with E-state index in [-0.39, 0.29) is 30.2 Å². The molecule has 0 atom stereocenters. The average molecular weight is 470 g/mol. The molecule has 3 aromatic carbocycles. The van der Waals surface area contributed by atoms with E-state index in [9.17, 15) is 14.4 Å². The van der Waals surface area contributed by atoms with Gasteiger partial charge >= 0.3 is 5.97 Å². The van der Waals surface area contributed by atoms with Crippen LogP contribution in [0, 0.1) is 0 Å².